The normalized spacial score (nSPS) is 16.1. The Labute approximate surface area is 59.5 Å². The lowest BCUT2D eigenvalue weighted by molar-refractivity contribution is 0.0959. The van der Waals surface area contributed by atoms with Crippen molar-refractivity contribution in [2.75, 3.05) is 7.11 Å². The molecule has 1 nitrogen and oxygen atoms in total. The van der Waals surface area contributed by atoms with E-state index in [4.69, 9.17) is 4.74 Å². The summed E-state index contributed by atoms with van der Waals surface area (Å²) in [5, 5.41) is 0. The minimum absolute atomic E-state index is 0.0990. The monoisotopic (exact) mass is 180 g/mol. The summed E-state index contributed by atoms with van der Waals surface area (Å²) < 4.78 is 5.17. The molecule has 1 unspecified atom stereocenters. The van der Waals surface area contributed by atoms with Crippen LogP contribution < -0.4 is 0 Å². The quantitative estimate of drug-likeness (QED) is 0.593. The van der Waals surface area contributed by atoms with Gasteiger partial charge >= 0.3 is 0 Å². The second-order valence-corrected chi connectivity index (χ2v) is 4.49. The molecule has 0 aromatic heterocycles. The summed E-state index contributed by atoms with van der Waals surface area (Å²) in [6, 6.07) is 0. The van der Waals surface area contributed by atoms with Crippen LogP contribution in [0.1, 0.15) is 20.8 Å². The molecule has 0 spiro atoms. The maximum absolute atomic E-state index is 5.07. The summed E-state index contributed by atoms with van der Waals surface area (Å²) in [6.45, 7) is 6.21. The lowest BCUT2D eigenvalue weighted by Gasteiger charge is -2.23. The average molecular weight is 181 g/mol. The summed E-state index contributed by atoms with van der Waals surface area (Å²) in [4.78, 5) is 0. The van der Waals surface area contributed by atoms with Crippen LogP contribution in [0.25, 0.3) is 0 Å². The van der Waals surface area contributed by atoms with Crippen molar-refractivity contribution in [3.05, 3.63) is 0 Å². The van der Waals surface area contributed by atoms with Crippen molar-refractivity contribution in [1.29, 1.82) is 0 Å². The van der Waals surface area contributed by atoms with Gasteiger partial charge in [0, 0.05) is 11.4 Å². The molecule has 2 heteroatoms. The van der Waals surface area contributed by atoms with Crippen LogP contribution >= 0.6 is 15.9 Å². The van der Waals surface area contributed by atoms with Crippen LogP contribution in [0.5, 0.6) is 0 Å². The van der Waals surface area contributed by atoms with E-state index in [1.807, 2.05) is 6.92 Å². The molecular formula is C6H13BrO. The minimum atomic E-state index is 0.0990. The van der Waals surface area contributed by atoms with Gasteiger partial charge in [-0.25, -0.2) is 0 Å². The largest absolute Gasteiger partial charge is 0.380 e. The second kappa shape index (κ2) is 2.83. The van der Waals surface area contributed by atoms with Crippen molar-refractivity contribution < 1.29 is 4.74 Å². The average Bonchev–Trinajstić information content (AvgIpc) is 1.62. The van der Waals surface area contributed by atoms with E-state index < -0.39 is 0 Å². The lowest BCUT2D eigenvalue weighted by atomic mass is 10.1. The van der Waals surface area contributed by atoms with Gasteiger partial charge in [-0.3, -0.25) is 0 Å². The first-order valence-corrected chi connectivity index (χ1v) is 3.49. The van der Waals surface area contributed by atoms with E-state index >= 15 is 0 Å². The molecule has 1 atom stereocenters. The molecule has 0 N–H and O–H groups in total. The smallest absolute Gasteiger partial charge is 0.0690 e. The van der Waals surface area contributed by atoms with E-state index in [0.717, 1.165) is 0 Å². The fourth-order valence-corrected chi connectivity index (χ4v) is 0.467. The molecule has 8 heavy (non-hydrogen) atoms. The Morgan fingerprint density at radius 3 is 1.88 bits per heavy atom. The standard InChI is InChI=1S/C6H13BrO/c1-5(8-4)6(2,3)7/h5H,1-4H3. The van der Waals surface area contributed by atoms with Crippen molar-refractivity contribution >= 4 is 15.9 Å². The van der Waals surface area contributed by atoms with Crippen LogP contribution in [0.2, 0.25) is 0 Å². The molecule has 0 saturated heterocycles. The van der Waals surface area contributed by atoms with Crippen LogP contribution in [0, 0.1) is 0 Å². The predicted octanol–water partition coefficient (Wildman–Crippen LogP) is 2.19. The van der Waals surface area contributed by atoms with Crippen molar-refractivity contribution in [3.63, 3.8) is 0 Å². The number of rotatable bonds is 2. The molecule has 0 aliphatic heterocycles. The van der Waals surface area contributed by atoms with E-state index in [0.29, 0.717) is 0 Å². The summed E-state index contributed by atoms with van der Waals surface area (Å²) in [7, 11) is 1.72. The maximum Gasteiger partial charge on any atom is 0.0690 e. The van der Waals surface area contributed by atoms with E-state index in [2.05, 4.69) is 29.8 Å². The molecule has 50 valence electrons. The molecule has 0 bridgehead atoms. The Bertz CT molecular complexity index is 65.4. The van der Waals surface area contributed by atoms with Gasteiger partial charge in [0.15, 0.2) is 0 Å². The number of halogens is 1. The van der Waals surface area contributed by atoms with E-state index in [-0.39, 0.29) is 10.4 Å². The first kappa shape index (κ1) is 8.44. The molecule has 0 saturated carbocycles. The Morgan fingerprint density at radius 2 is 1.88 bits per heavy atom. The Morgan fingerprint density at radius 1 is 1.50 bits per heavy atom. The van der Waals surface area contributed by atoms with Crippen molar-refractivity contribution in [2.24, 2.45) is 0 Å². The molecule has 0 aliphatic carbocycles. The zero-order chi connectivity index (χ0) is 6.78. The summed E-state index contributed by atoms with van der Waals surface area (Å²) >= 11 is 3.48. The van der Waals surface area contributed by atoms with Gasteiger partial charge in [-0.05, 0) is 20.8 Å². The molecular weight excluding hydrogens is 168 g/mol. The number of ether oxygens (including phenoxy) is 1. The molecule has 0 amide bonds. The summed E-state index contributed by atoms with van der Waals surface area (Å²) in [5.74, 6) is 0. The molecule has 0 rings (SSSR count). The van der Waals surface area contributed by atoms with Crippen LogP contribution in [0.3, 0.4) is 0 Å². The number of alkyl halides is 1. The van der Waals surface area contributed by atoms with Gasteiger partial charge in [0.1, 0.15) is 0 Å². The highest BCUT2D eigenvalue weighted by molar-refractivity contribution is 9.10. The Kier molecular flexibility index (Phi) is 2.99. The second-order valence-electron chi connectivity index (χ2n) is 2.44. The van der Waals surface area contributed by atoms with Gasteiger partial charge in [0.25, 0.3) is 0 Å². The molecule has 0 radical (unpaired) electrons. The third-order valence-electron chi connectivity index (χ3n) is 1.32. The highest BCUT2D eigenvalue weighted by Gasteiger charge is 2.20. The number of hydrogen-bond acceptors (Lipinski definition) is 1. The molecule has 0 heterocycles. The molecule has 0 aromatic rings. The van der Waals surface area contributed by atoms with Gasteiger partial charge in [0.2, 0.25) is 0 Å². The topological polar surface area (TPSA) is 9.23 Å². The fourth-order valence-electron chi connectivity index (χ4n) is 0.280. The highest BCUT2D eigenvalue weighted by atomic mass is 79.9. The molecule has 0 aliphatic rings. The fraction of sp³-hybridized carbons (Fsp3) is 1.00. The third kappa shape index (κ3) is 2.68. The van der Waals surface area contributed by atoms with Crippen LogP contribution in [-0.4, -0.2) is 17.5 Å². The van der Waals surface area contributed by atoms with Crippen molar-refractivity contribution in [2.45, 2.75) is 31.2 Å². The van der Waals surface area contributed by atoms with Gasteiger partial charge in [0.05, 0.1) is 6.10 Å². The van der Waals surface area contributed by atoms with Crippen molar-refractivity contribution in [1.82, 2.24) is 0 Å². The van der Waals surface area contributed by atoms with E-state index in [9.17, 15) is 0 Å². The van der Waals surface area contributed by atoms with Gasteiger partial charge in [-0.1, -0.05) is 15.9 Å². The van der Waals surface area contributed by atoms with Crippen molar-refractivity contribution in [3.8, 4) is 0 Å². The Balaban J connectivity index is 3.62. The highest BCUT2D eigenvalue weighted by Crippen LogP contribution is 2.21. The summed E-state index contributed by atoms with van der Waals surface area (Å²) in [5.41, 5.74) is 0. The van der Waals surface area contributed by atoms with E-state index in [1.54, 1.807) is 7.11 Å². The van der Waals surface area contributed by atoms with Crippen LogP contribution in [-0.2, 0) is 4.74 Å². The number of hydrogen-bond donors (Lipinski definition) is 0. The SMILES string of the molecule is COC(C)C(C)(C)Br. The van der Waals surface area contributed by atoms with E-state index in [1.165, 1.54) is 0 Å². The first-order chi connectivity index (χ1) is 3.48. The van der Waals surface area contributed by atoms with Gasteiger partial charge < -0.3 is 4.74 Å². The van der Waals surface area contributed by atoms with Gasteiger partial charge in [-0.2, -0.15) is 0 Å². The lowest BCUT2D eigenvalue weighted by Crippen LogP contribution is -2.28. The minimum Gasteiger partial charge on any atom is -0.380 e. The molecule has 0 aromatic carbocycles. The zero-order valence-corrected chi connectivity index (χ0v) is 7.45. The molecule has 0 fully saturated rings. The summed E-state index contributed by atoms with van der Waals surface area (Å²) in [6.07, 6.45) is 0.266. The van der Waals surface area contributed by atoms with Crippen LogP contribution in [0.4, 0.5) is 0 Å². The maximum atomic E-state index is 5.07. The van der Waals surface area contributed by atoms with Gasteiger partial charge in [-0.15, -0.1) is 0 Å². The third-order valence-corrected chi connectivity index (χ3v) is 1.97. The van der Waals surface area contributed by atoms with Crippen LogP contribution in [0.15, 0.2) is 0 Å². The first-order valence-electron chi connectivity index (χ1n) is 2.70. The predicted molar refractivity (Wildman–Crippen MR) is 39.5 cm³/mol. The zero-order valence-electron chi connectivity index (χ0n) is 5.86. The number of methoxy groups -OCH3 is 1. The Hall–Kier alpha value is 0.440.